The molecule has 5 nitrogen and oxygen atoms in total. The maximum absolute atomic E-state index is 12.9. The Bertz CT molecular complexity index is 700. The minimum atomic E-state index is -4.59. The van der Waals surface area contributed by atoms with E-state index in [1.165, 1.54) is 13.0 Å². The average Bonchev–Trinajstić information content (AvgIpc) is 2.53. The number of sulfonamides is 1. The Hall–Kier alpha value is -0.870. The third kappa shape index (κ3) is 5.56. The van der Waals surface area contributed by atoms with E-state index >= 15 is 0 Å². The van der Waals surface area contributed by atoms with Gasteiger partial charge in [0.25, 0.3) is 0 Å². The Morgan fingerprint density at radius 3 is 2.42 bits per heavy atom. The summed E-state index contributed by atoms with van der Waals surface area (Å²) in [6.07, 6.45) is -3.14. The fraction of sp³-hybridized carbons (Fsp3) is 0.625. The molecule has 0 aliphatic carbocycles. The maximum atomic E-state index is 12.9. The Morgan fingerprint density at radius 2 is 1.88 bits per heavy atom. The summed E-state index contributed by atoms with van der Waals surface area (Å²) in [5.41, 5.74) is -1.07. The van der Waals surface area contributed by atoms with Gasteiger partial charge in [-0.2, -0.15) is 13.2 Å². The Labute approximate surface area is 158 Å². The van der Waals surface area contributed by atoms with Gasteiger partial charge in [0.15, 0.2) is 0 Å². The number of methoxy groups -OCH3 is 1. The summed E-state index contributed by atoms with van der Waals surface area (Å²) in [4.78, 5) is -0.344. The zero-order valence-electron chi connectivity index (χ0n) is 14.6. The van der Waals surface area contributed by atoms with Crippen LogP contribution in [0.15, 0.2) is 23.1 Å². The first-order valence-electron chi connectivity index (χ1n) is 7.97. The van der Waals surface area contributed by atoms with Gasteiger partial charge in [-0.25, -0.2) is 13.1 Å². The first-order chi connectivity index (χ1) is 11.6. The predicted molar refractivity (Wildman–Crippen MR) is 95.0 cm³/mol. The molecule has 0 aromatic heterocycles. The molecule has 2 rings (SSSR count). The fourth-order valence-corrected chi connectivity index (χ4v) is 4.45. The smallest absolute Gasteiger partial charge is 0.384 e. The van der Waals surface area contributed by atoms with Gasteiger partial charge < -0.3 is 10.1 Å². The molecule has 0 atom stereocenters. The number of aryl methyl sites for hydroxylation is 1. The van der Waals surface area contributed by atoms with E-state index in [2.05, 4.69) is 10.0 Å². The molecule has 0 radical (unpaired) electrons. The molecule has 1 saturated heterocycles. The van der Waals surface area contributed by atoms with E-state index < -0.39 is 21.8 Å². The van der Waals surface area contributed by atoms with Crippen molar-refractivity contribution in [3.63, 3.8) is 0 Å². The van der Waals surface area contributed by atoms with Gasteiger partial charge in [-0.1, -0.05) is 6.07 Å². The van der Waals surface area contributed by atoms with E-state index in [0.29, 0.717) is 12.7 Å². The predicted octanol–water partition coefficient (Wildman–Crippen LogP) is 2.73. The maximum Gasteiger partial charge on any atom is 0.416 e. The average molecular weight is 417 g/mol. The van der Waals surface area contributed by atoms with Crippen molar-refractivity contribution in [2.75, 3.05) is 33.4 Å². The molecule has 26 heavy (non-hydrogen) atoms. The summed E-state index contributed by atoms with van der Waals surface area (Å²) in [5, 5.41) is 3.20. The van der Waals surface area contributed by atoms with Crippen molar-refractivity contribution in [2.24, 2.45) is 5.41 Å². The molecule has 0 amide bonds. The number of hydrogen-bond acceptors (Lipinski definition) is 4. The van der Waals surface area contributed by atoms with Gasteiger partial charge >= 0.3 is 6.18 Å². The highest BCUT2D eigenvalue weighted by Gasteiger charge is 2.35. The molecular weight excluding hydrogens is 393 g/mol. The van der Waals surface area contributed by atoms with Crippen molar-refractivity contribution < 1.29 is 26.3 Å². The first kappa shape index (κ1) is 23.2. The molecule has 1 fully saturated rings. The second-order valence-corrected chi connectivity index (χ2v) is 8.22. The Kier molecular flexibility index (Phi) is 7.91. The summed E-state index contributed by atoms with van der Waals surface area (Å²) in [5.74, 6) is 0. The van der Waals surface area contributed by atoms with Gasteiger partial charge in [0.2, 0.25) is 10.0 Å². The van der Waals surface area contributed by atoms with Crippen LogP contribution in [0.1, 0.15) is 24.0 Å². The molecule has 0 unspecified atom stereocenters. The van der Waals surface area contributed by atoms with Crippen LogP contribution in [0.4, 0.5) is 13.2 Å². The monoisotopic (exact) mass is 416 g/mol. The van der Waals surface area contributed by atoms with Crippen LogP contribution in [0.2, 0.25) is 0 Å². The topological polar surface area (TPSA) is 67.4 Å². The lowest BCUT2D eigenvalue weighted by Gasteiger charge is -2.37. The molecule has 1 heterocycles. The van der Waals surface area contributed by atoms with Crippen LogP contribution in [-0.4, -0.2) is 41.8 Å². The van der Waals surface area contributed by atoms with Gasteiger partial charge in [-0.05, 0) is 50.6 Å². The fourth-order valence-electron chi connectivity index (χ4n) is 3.03. The number of rotatable bonds is 6. The van der Waals surface area contributed by atoms with Crippen molar-refractivity contribution in [3.05, 3.63) is 29.3 Å². The van der Waals surface area contributed by atoms with E-state index in [9.17, 15) is 21.6 Å². The van der Waals surface area contributed by atoms with Crippen molar-refractivity contribution >= 4 is 22.4 Å². The molecule has 150 valence electrons. The van der Waals surface area contributed by atoms with E-state index in [1.807, 2.05) is 0 Å². The SMILES string of the molecule is COCC1(CNS(=O)(=O)c2cc(C(F)(F)F)ccc2C)CCNCC1.Cl. The molecule has 2 N–H and O–H groups in total. The molecule has 0 bridgehead atoms. The highest BCUT2D eigenvalue weighted by Crippen LogP contribution is 2.32. The summed E-state index contributed by atoms with van der Waals surface area (Å²) >= 11 is 0. The first-order valence-corrected chi connectivity index (χ1v) is 9.45. The number of piperidine rings is 1. The van der Waals surface area contributed by atoms with Crippen LogP contribution in [0.25, 0.3) is 0 Å². The number of nitrogens with one attached hydrogen (secondary N) is 2. The molecule has 1 aliphatic rings. The normalized spacial score (nSPS) is 17.6. The van der Waals surface area contributed by atoms with Gasteiger partial charge in [0.1, 0.15) is 0 Å². The lowest BCUT2D eigenvalue weighted by Crippen LogP contribution is -2.47. The lowest BCUT2D eigenvalue weighted by atomic mass is 9.80. The van der Waals surface area contributed by atoms with Crippen LogP contribution in [-0.2, 0) is 20.9 Å². The molecule has 10 heteroatoms. The Balaban J connectivity index is 0.00000338. The second-order valence-electron chi connectivity index (χ2n) is 6.49. The third-order valence-corrected chi connectivity index (χ3v) is 6.10. The molecule has 1 aromatic rings. The number of alkyl halides is 3. The van der Waals surface area contributed by atoms with Crippen molar-refractivity contribution in [1.29, 1.82) is 0 Å². The summed E-state index contributed by atoms with van der Waals surface area (Å²) in [7, 11) is -2.50. The minimum absolute atomic E-state index is 0. The highest BCUT2D eigenvalue weighted by molar-refractivity contribution is 7.89. The van der Waals surface area contributed by atoms with Crippen molar-refractivity contribution in [1.82, 2.24) is 10.0 Å². The van der Waals surface area contributed by atoms with Crippen LogP contribution in [0.3, 0.4) is 0 Å². The molecule has 1 aliphatic heterocycles. The van der Waals surface area contributed by atoms with Crippen LogP contribution < -0.4 is 10.0 Å². The summed E-state index contributed by atoms with van der Waals surface area (Å²) < 4.78 is 71.6. The van der Waals surface area contributed by atoms with Crippen molar-refractivity contribution in [2.45, 2.75) is 30.8 Å². The summed E-state index contributed by atoms with van der Waals surface area (Å²) in [6.45, 7) is 3.48. The van der Waals surface area contributed by atoms with Crippen LogP contribution in [0.5, 0.6) is 0 Å². The van der Waals surface area contributed by atoms with E-state index in [1.54, 1.807) is 7.11 Å². The van der Waals surface area contributed by atoms with Crippen LogP contribution >= 0.6 is 12.4 Å². The van der Waals surface area contributed by atoms with E-state index in [4.69, 9.17) is 4.74 Å². The summed E-state index contributed by atoms with van der Waals surface area (Å²) in [6, 6.07) is 2.74. The van der Waals surface area contributed by atoms with Crippen molar-refractivity contribution in [3.8, 4) is 0 Å². The van der Waals surface area contributed by atoms with Gasteiger partial charge in [0.05, 0.1) is 17.1 Å². The number of benzene rings is 1. The zero-order valence-corrected chi connectivity index (χ0v) is 16.3. The van der Waals surface area contributed by atoms with Gasteiger partial charge in [-0.3, -0.25) is 0 Å². The Morgan fingerprint density at radius 1 is 1.27 bits per heavy atom. The van der Waals surface area contributed by atoms with E-state index in [-0.39, 0.29) is 34.8 Å². The molecule has 0 spiro atoms. The minimum Gasteiger partial charge on any atom is -0.384 e. The molecular formula is C16H24ClF3N2O3S. The zero-order chi connectivity index (χ0) is 18.7. The quantitative estimate of drug-likeness (QED) is 0.748. The number of hydrogen-bond donors (Lipinski definition) is 2. The highest BCUT2D eigenvalue weighted by atomic mass is 35.5. The second kappa shape index (κ2) is 8.88. The molecule has 0 saturated carbocycles. The standard InChI is InChI=1S/C16H23F3N2O3S.ClH/c1-12-3-4-13(16(17,18)19)9-14(12)25(22,23)21-10-15(11-24-2)5-7-20-8-6-15;/h3-4,9,20-21H,5-8,10-11H2,1-2H3;1H. The lowest BCUT2D eigenvalue weighted by molar-refractivity contribution is -0.137. The molecule has 1 aromatic carbocycles. The van der Waals surface area contributed by atoms with E-state index in [0.717, 1.165) is 32.0 Å². The van der Waals surface area contributed by atoms with Gasteiger partial charge in [-0.15, -0.1) is 12.4 Å². The third-order valence-electron chi connectivity index (χ3n) is 4.56. The van der Waals surface area contributed by atoms with Gasteiger partial charge in [0, 0.05) is 19.1 Å². The van der Waals surface area contributed by atoms with Crippen LogP contribution in [0, 0.1) is 12.3 Å². The largest absolute Gasteiger partial charge is 0.416 e. The number of ether oxygens (including phenoxy) is 1. The number of halogens is 4.